The van der Waals surface area contributed by atoms with E-state index in [1.807, 2.05) is 11.8 Å². The number of likely N-dealkylation sites (N-methyl/N-ethyl adjacent to an activating group) is 1. The van der Waals surface area contributed by atoms with Crippen molar-refractivity contribution in [2.24, 2.45) is 5.92 Å². The van der Waals surface area contributed by atoms with Crippen LogP contribution in [0.25, 0.3) is 0 Å². The maximum Gasteiger partial charge on any atom is 0.317 e. The van der Waals surface area contributed by atoms with Gasteiger partial charge in [-0.15, -0.1) is 0 Å². The van der Waals surface area contributed by atoms with Gasteiger partial charge in [0.15, 0.2) is 0 Å². The van der Waals surface area contributed by atoms with E-state index in [1.165, 1.54) is 0 Å². The van der Waals surface area contributed by atoms with Crippen LogP contribution in [0, 0.1) is 5.92 Å². The van der Waals surface area contributed by atoms with Gasteiger partial charge in [0.25, 0.3) is 0 Å². The standard InChI is InChI=1S/C17H34N4O2/c1-14(22)15-4-10-21(11-5-15)17(23)18-16-6-8-20(9-7-16)13-12-19(2)3/h14-16,22H,4-13H2,1-3H3,(H,18,23). The summed E-state index contributed by atoms with van der Waals surface area (Å²) in [7, 11) is 4.21. The number of carbonyl (C=O) groups is 1. The maximum atomic E-state index is 12.4. The minimum Gasteiger partial charge on any atom is -0.393 e. The normalized spacial score (nSPS) is 23.3. The third kappa shape index (κ3) is 5.94. The summed E-state index contributed by atoms with van der Waals surface area (Å²) >= 11 is 0. The Labute approximate surface area is 140 Å². The van der Waals surface area contributed by atoms with Crippen LogP contribution in [-0.4, -0.2) is 91.3 Å². The Hall–Kier alpha value is -0.850. The number of aliphatic hydroxyl groups is 1. The molecular formula is C17H34N4O2. The van der Waals surface area contributed by atoms with Gasteiger partial charge in [0, 0.05) is 45.3 Å². The Bertz CT molecular complexity index is 360. The number of aliphatic hydroxyl groups excluding tert-OH is 1. The quantitative estimate of drug-likeness (QED) is 0.785. The van der Waals surface area contributed by atoms with Crippen molar-refractivity contribution in [3.63, 3.8) is 0 Å². The highest BCUT2D eigenvalue weighted by Gasteiger charge is 2.27. The van der Waals surface area contributed by atoms with E-state index in [0.29, 0.717) is 12.0 Å². The van der Waals surface area contributed by atoms with Gasteiger partial charge in [-0.3, -0.25) is 0 Å². The van der Waals surface area contributed by atoms with Crippen molar-refractivity contribution in [1.82, 2.24) is 20.0 Å². The summed E-state index contributed by atoms with van der Waals surface area (Å²) < 4.78 is 0. The molecule has 23 heavy (non-hydrogen) atoms. The third-order valence-corrected chi connectivity index (χ3v) is 5.29. The molecule has 6 nitrogen and oxygen atoms in total. The van der Waals surface area contributed by atoms with Crippen molar-refractivity contribution in [3.05, 3.63) is 0 Å². The van der Waals surface area contributed by atoms with Crippen molar-refractivity contribution in [2.75, 3.05) is 53.4 Å². The van der Waals surface area contributed by atoms with E-state index in [1.54, 1.807) is 0 Å². The summed E-state index contributed by atoms with van der Waals surface area (Å²) in [4.78, 5) is 19.0. The van der Waals surface area contributed by atoms with Crippen LogP contribution in [0.15, 0.2) is 0 Å². The predicted octanol–water partition coefficient (Wildman–Crippen LogP) is 0.815. The van der Waals surface area contributed by atoms with E-state index in [2.05, 4.69) is 29.2 Å². The topological polar surface area (TPSA) is 59.1 Å². The molecule has 0 bridgehead atoms. The lowest BCUT2D eigenvalue weighted by Gasteiger charge is -2.36. The van der Waals surface area contributed by atoms with E-state index >= 15 is 0 Å². The minimum absolute atomic E-state index is 0.0841. The zero-order valence-electron chi connectivity index (χ0n) is 15.0. The molecule has 0 spiro atoms. The van der Waals surface area contributed by atoms with Gasteiger partial charge < -0.3 is 25.1 Å². The molecule has 0 aromatic carbocycles. The van der Waals surface area contributed by atoms with E-state index in [9.17, 15) is 9.90 Å². The number of nitrogens with one attached hydrogen (secondary N) is 1. The average molecular weight is 326 g/mol. The van der Waals surface area contributed by atoms with Gasteiger partial charge in [0.1, 0.15) is 0 Å². The lowest BCUT2D eigenvalue weighted by atomic mass is 9.92. The molecule has 2 aliphatic heterocycles. The maximum absolute atomic E-state index is 12.4. The summed E-state index contributed by atoms with van der Waals surface area (Å²) in [5.41, 5.74) is 0. The fourth-order valence-electron chi connectivity index (χ4n) is 3.49. The highest BCUT2D eigenvalue weighted by Crippen LogP contribution is 2.20. The predicted molar refractivity (Wildman–Crippen MR) is 92.5 cm³/mol. The average Bonchev–Trinajstić information content (AvgIpc) is 2.54. The number of hydrogen-bond donors (Lipinski definition) is 2. The van der Waals surface area contributed by atoms with Crippen LogP contribution in [0.3, 0.4) is 0 Å². The smallest absolute Gasteiger partial charge is 0.317 e. The fraction of sp³-hybridized carbons (Fsp3) is 0.941. The number of carbonyl (C=O) groups excluding carboxylic acids is 1. The first-order valence-electron chi connectivity index (χ1n) is 9.06. The van der Waals surface area contributed by atoms with E-state index in [0.717, 1.165) is 65.0 Å². The van der Waals surface area contributed by atoms with Crippen LogP contribution in [-0.2, 0) is 0 Å². The summed E-state index contributed by atoms with van der Waals surface area (Å²) in [5.74, 6) is 0.346. The van der Waals surface area contributed by atoms with Crippen molar-refractivity contribution < 1.29 is 9.90 Å². The number of likely N-dealkylation sites (tertiary alicyclic amines) is 2. The van der Waals surface area contributed by atoms with Gasteiger partial charge in [0.2, 0.25) is 0 Å². The Morgan fingerprint density at radius 2 is 1.78 bits per heavy atom. The second-order valence-corrected chi connectivity index (χ2v) is 7.43. The number of hydrogen-bond acceptors (Lipinski definition) is 4. The molecule has 2 fully saturated rings. The summed E-state index contributed by atoms with van der Waals surface area (Å²) in [6, 6.07) is 0.397. The zero-order valence-corrected chi connectivity index (χ0v) is 15.0. The first-order chi connectivity index (χ1) is 11.0. The molecule has 0 aromatic heterocycles. The number of piperidine rings is 2. The number of amides is 2. The number of rotatable bonds is 5. The molecule has 1 atom stereocenters. The molecule has 2 saturated heterocycles. The molecule has 2 N–H and O–H groups in total. The first kappa shape index (κ1) is 18.5. The van der Waals surface area contributed by atoms with E-state index in [-0.39, 0.29) is 12.1 Å². The molecule has 2 amide bonds. The lowest BCUT2D eigenvalue weighted by Crippen LogP contribution is -2.51. The third-order valence-electron chi connectivity index (χ3n) is 5.29. The largest absolute Gasteiger partial charge is 0.393 e. The highest BCUT2D eigenvalue weighted by atomic mass is 16.3. The van der Waals surface area contributed by atoms with Crippen molar-refractivity contribution in [3.8, 4) is 0 Å². The van der Waals surface area contributed by atoms with Crippen LogP contribution >= 0.6 is 0 Å². The number of nitrogens with zero attached hydrogens (tertiary/aromatic N) is 3. The molecule has 134 valence electrons. The minimum atomic E-state index is -0.258. The van der Waals surface area contributed by atoms with Gasteiger partial charge in [-0.25, -0.2) is 4.79 Å². The second-order valence-electron chi connectivity index (χ2n) is 7.43. The monoisotopic (exact) mass is 326 g/mol. The summed E-state index contributed by atoms with van der Waals surface area (Å²) in [5, 5.41) is 12.8. The van der Waals surface area contributed by atoms with Gasteiger partial charge in [-0.1, -0.05) is 0 Å². The molecule has 0 aromatic rings. The van der Waals surface area contributed by atoms with Gasteiger partial charge in [-0.05, 0) is 52.6 Å². The van der Waals surface area contributed by atoms with Crippen LogP contribution in [0.2, 0.25) is 0 Å². The Morgan fingerprint density at radius 3 is 2.30 bits per heavy atom. The zero-order chi connectivity index (χ0) is 16.8. The van der Waals surface area contributed by atoms with Crippen LogP contribution in [0.5, 0.6) is 0 Å². The molecule has 0 aliphatic carbocycles. The van der Waals surface area contributed by atoms with Crippen molar-refractivity contribution in [1.29, 1.82) is 0 Å². The Balaban J connectivity index is 1.65. The van der Waals surface area contributed by atoms with Crippen molar-refractivity contribution in [2.45, 2.75) is 44.8 Å². The number of urea groups is 1. The molecule has 0 saturated carbocycles. The van der Waals surface area contributed by atoms with Crippen LogP contribution in [0.4, 0.5) is 4.79 Å². The molecule has 2 aliphatic rings. The molecular weight excluding hydrogens is 292 g/mol. The molecule has 2 heterocycles. The van der Waals surface area contributed by atoms with Gasteiger partial charge >= 0.3 is 6.03 Å². The fourth-order valence-corrected chi connectivity index (χ4v) is 3.49. The Kier molecular flexibility index (Phi) is 7.11. The highest BCUT2D eigenvalue weighted by molar-refractivity contribution is 5.74. The summed E-state index contributed by atoms with van der Waals surface area (Å²) in [6.45, 7) is 7.73. The van der Waals surface area contributed by atoms with Crippen LogP contribution < -0.4 is 5.32 Å². The Morgan fingerprint density at radius 1 is 1.17 bits per heavy atom. The SMILES string of the molecule is CC(O)C1CCN(C(=O)NC2CCN(CCN(C)C)CC2)CC1. The molecule has 2 rings (SSSR count). The second kappa shape index (κ2) is 8.85. The lowest BCUT2D eigenvalue weighted by molar-refractivity contribution is 0.0784. The first-order valence-corrected chi connectivity index (χ1v) is 9.06. The summed E-state index contributed by atoms with van der Waals surface area (Å²) in [6.07, 6.45) is 3.65. The van der Waals surface area contributed by atoms with Gasteiger partial charge in [0.05, 0.1) is 6.10 Å². The van der Waals surface area contributed by atoms with Gasteiger partial charge in [-0.2, -0.15) is 0 Å². The van der Waals surface area contributed by atoms with Crippen LogP contribution in [0.1, 0.15) is 32.6 Å². The van der Waals surface area contributed by atoms with Crippen molar-refractivity contribution >= 4 is 6.03 Å². The van der Waals surface area contributed by atoms with E-state index < -0.39 is 0 Å². The molecule has 6 heteroatoms. The molecule has 1 unspecified atom stereocenters. The van der Waals surface area contributed by atoms with E-state index in [4.69, 9.17) is 0 Å². The molecule has 0 radical (unpaired) electrons.